The van der Waals surface area contributed by atoms with E-state index in [2.05, 4.69) is 54.1 Å². The number of hydrogen-bond acceptors (Lipinski definition) is 3. The number of carbonyl (C=O) groups excluding carboxylic acids is 1. The molecule has 2 heterocycles. The van der Waals surface area contributed by atoms with Gasteiger partial charge in [-0.25, -0.2) is 4.79 Å². The van der Waals surface area contributed by atoms with Crippen molar-refractivity contribution >= 4 is 5.97 Å². The number of aryl methyl sites for hydroxylation is 1. The minimum absolute atomic E-state index is 0.115. The van der Waals surface area contributed by atoms with E-state index in [1.807, 2.05) is 6.92 Å². The van der Waals surface area contributed by atoms with Gasteiger partial charge in [0.25, 0.3) is 0 Å². The predicted molar refractivity (Wildman–Crippen MR) is 112 cm³/mol. The molecule has 0 bridgehead atoms. The number of esters is 1. The molecule has 158 valence electrons. The number of rotatable bonds is 10. The summed E-state index contributed by atoms with van der Waals surface area (Å²) in [4.78, 5) is 15.0. The van der Waals surface area contributed by atoms with Crippen molar-refractivity contribution in [3.05, 3.63) is 59.4 Å². The van der Waals surface area contributed by atoms with E-state index in [0.29, 0.717) is 13.2 Å². The van der Waals surface area contributed by atoms with E-state index >= 15 is 0 Å². The molecule has 1 fully saturated rings. The van der Waals surface area contributed by atoms with E-state index in [1.54, 1.807) is 4.90 Å². The third-order valence-electron chi connectivity index (χ3n) is 5.52. The Morgan fingerprint density at radius 2 is 2.07 bits per heavy atom. The Labute approximate surface area is 174 Å². The smallest absolute Gasteiger partial charge is 0.361 e. The van der Waals surface area contributed by atoms with Crippen LogP contribution in [0.4, 0.5) is 0 Å². The van der Waals surface area contributed by atoms with Crippen LogP contribution in [0.1, 0.15) is 23.7 Å². The number of nitrogens with zero attached hydrogens (tertiary/aromatic N) is 1. The Bertz CT molecular complexity index is 768. The molecule has 1 aromatic carbocycles. The zero-order chi connectivity index (χ0) is 20.5. The molecule has 1 atom stereocenters. The van der Waals surface area contributed by atoms with Crippen LogP contribution in [0.5, 0.6) is 0 Å². The fourth-order valence-electron chi connectivity index (χ4n) is 3.95. The number of morpholine rings is 1. The minimum Gasteiger partial charge on any atom is -0.462 e. The van der Waals surface area contributed by atoms with Gasteiger partial charge in [-0.2, -0.15) is 0 Å². The van der Waals surface area contributed by atoms with Crippen molar-refractivity contribution in [3.8, 4) is 0 Å². The summed E-state index contributed by atoms with van der Waals surface area (Å²) in [5.74, 6) is -0.115. The molecule has 1 aromatic heterocycles. The Balaban J connectivity index is 1.64. The average molecular weight is 402 g/mol. The summed E-state index contributed by atoms with van der Waals surface area (Å²) in [6, 6.07) is 12.9. The third kappa shape index (κ3) is 6.99. The molecule has 0 aliphatic carbocycles. The van der Waals surface area contributed by atoms with Crippen molar-refractivity contribution in [1.82, 2.24) is 4.57 Å². The molecule has 2 N–H and O–H groups in total. The van der Waals surface area contributed by atoms with Gasteiger partial charge in [0.1, 0.15) is 32.7 Å². The van der Waals surface area contributed by atoms with Gasteiger partial charge in [-0.05, 0) is 31.5 Å². The van der Waals surface area contributed by atoms with Gasteiger partial charge in [-0.1, -0.05) is 29.8 Å². The van der Waals surface area contributed by atoms with Crippen LogP contribution < -0.4 is 9.80 Å². The molecule has 2 aromatic rings. The van der Waals surface area contributed by atoms with Gasteiger partial charge >= 0.3 is 5.97 Å². The van der Waals surface area contributed by atoms with E-state index in [0.717, 1.165) is 52.5 Å². The van der Waals surface area contributed by atoms with Crippen molar-refractivity contribution in [2.75, 3.05) is 52.5 Å². The van der Waals surface area contributed by atoms with Crippen LogP contribution in [0.25, 0.3) is 0 Å². The fourth-order valence-corrected chi connectivity index (χ4v) is 3.95. The molecule has 0 amide bonds. The van der Waals surface area contributed by atoms with Crippen LogP contribution in [0.2, 0.25) is 0 Å². The molecule has 1 aliphatic rings. The lowest BCUT2D eigenvalue weighted by molar-refractivity contribution is -0.964. The second-order valence-corrected chi connectivity index (χ2v) is 7.89. The monoisotopic (exact) mass is 401 g/mol. The van der Waals surface area contributed by atoms with Gasteiger partial charge in [0.2, 0.25) is 0 Å². The lowest BCUT2D eigenvalue weighted by Crippen LogP contribution is -3.21. The number of hydrogen-bond donors (Lipinski definition) is 2. The van der Waals surface area contributed by atoms with Gasteiger partial charge < -0.3 is 23.8 Å². The summed E-state index contributed by atoms with van der Waals surface area (Å²) in [6.07, 6.45) is 2.13. The lowest BCUT2D eigenvalue weighted by Gasteiger charge is -2.26. The van der Waals surface area contributed by atoms with Crippen molar-refractivity contribution in [3.63, 3.8) is 0 Å². The van der Waals surface area contributed by atoms with Gasteiger partial charge in [0.05, 0.1) is 25.5 Å². The number of aromatic nitrogens is 1. The van der Waals surface area contributed by atoms with E-state index < -0.39 is 0 Å². The number of benzene rings is 1. The zero-order valence-electron chi connectivity index (χ0n) is 17.8. The molecule has 6 nitrogen and oxygen atoms in total. The third-order valence-corrected chi connectivity index (χ3v) is 5.52. The van der Waals surface area contributed by atoms with Crippen LogP contribution in [0.3, 0.4) is 0 Å². The Hall–Kier alpha value is -2.15. The number of nitrogens with one attached hydrogen (secondary N) is 2. The highest BCUT2D eigenvalue weighted by atomic mass is 16.5. The number of carbonyl (C=O) groups is 1. The maximum Gasteiger partial charge on any atom is 0.361 e. The maximum atomic E-state index is 12.2. The van der Waals surface area contributed by atoms with E-state index in [9.17, 15) is 4.79 Å². The first kappa shape index (κ1) is 21.6. The summed E-state index contributed by atoms with van der Waals surface area (Å²) in [6.45, 7) is 12.3. The van der Waals surface area contributed by atoms with Crippen LogP contribution in [-0.2, 0) is 27.4 Å². The summed E-state index contributed by atoms with van der Waals surface area (Å²) in [5, 5.41) is 0. The summed E-state index contributed by atoms with van der Waals surface area (Å²) in [5.41, 5.74) is 3.83. The SMILES string of the molecule is CCOC(=O)C[NH+](CC[NH+]1CCOCC1)Cc1cccn1Cc1cccc(C)c1. The number of quaternary nitrogens is 2. The van der Waals surface area contributed by atoms with Crippen molar-refractivity contribution in [1.29, 1.82) is 0 Å². The number of ether oxygens (including phenoxy) is 2. The fraction of sp³-hybridized carbons (Fsp3) is 0.522. The molecular formula is C23H35N3O3+2. The molecule has 1 saturated heterocycles. The highest BCUT2D eigenvalue weighted by Crippen LogP contribution is 2.09. The molecule has 0 saturated carbocycles. The highest BCUT2D eigenvalue weighted by Gasteiger charge is 2.21. The Kier molecular flexibility index (Phi) is 8.28. The minimum atomic E-state index is -0.115. The van der Waals surface area contributed by atoms with Crippen molar-refractivity contribution < 1.29 is 24.1 Å². The summed E-state index contributed by atoms with van der Waals surface area (Å²) in [7, 11) is 0. The molecule has 1 aliphatic heterocycles. The molecule has 6 heteroatoms. The lowest BCUT2D eigenvalue weighted by atomic mass is 10.1. The average Bonchev–Trinajstić information content (AvgIpc) is 3.13. The maximum absolute atomic E-state index is 12.2. The topological polar surface area (TPSA) is 49.3 Å². The van der Waals surface area contributed by atoms with Crippen LogP contribution in [-0.4, -0.2) is 63.1 Å². The first-order chi connectivity index (χ1) is 14.1. The van der Waals surface area contributed by atoms with Gasteiger partial charge in [-0.15, -0.1) is 0 Å². The Morgan fingerprint density at radius 1 is 1.24 bits per heavy atom. The first-order valence-corrected chi connectivity index (χ1v) is 10.7. The predicted octanol–water partition coefficient (Wildman–Crippen LogP) is -0.292. The van der Waals surface area contributed by atoms with Gasteiger partial charge in [0, 0.05) is 12.7 Å². The van der Waals surface area contributed by atoms with E-state index in [1.165, 1.54) is 21.7 Å². The standard InChI is InChI=1S/C23H33N3O3/c1-3-29-23(27)19-25(11-10-24-12-14-28-15-13-24)18-22-8-5-9-26(22)17-21-7-4-6-20(2)16-21/h4-9,16H,3,10-15,17-19H2,1-2H3/p+2. The zero-order valence-corrected chi connectivity index (χ0v) is 17.8. The normalized spacial score (nSPS) is 15.9. The van der Waals surface area contributed by atoms with Crippen LogP contribution in [0, 0.1) is 6.92 Å². The van der Waals surface area contributed by atoms with Crippen molar-refractivity contribution in [2.24, 2.45) is 0 Å². The summed E-state index contributed by atoms with van der Waals surface area (Å²) < 4.78 is 13.0. The van der Waals surface area contributed by atoms with Gasteiger partial charge in [0.15, 0.2) is 6.54 Å². The van der Waals surface area contributed by atoms with E-state index in [4.69, 9.17) is 9.47 Å². The largest absolute Gasteiger partial charge is 0.462 e. The van der Waals surface area contributed by atoms with Crippen LogP contribution in [0.15, 0.2) is 42.6 Å². The highest BCUT2D eigenvalue weighted by molar-refractivity contribution is 5.70. The quantitative estimate of drug-likeness (QED) is 0.538. The molecule has 1 unspecified atom stereocenters. The second-order valence-electron chi connectivity index (χ2n) is 7.89. The van der Waals surface area contributed by atoms with Gasteiger partial charge in [-0.3, -0.25) is 0 Å². The molecule has 29 heavy (non-hydrogen) atoms. The summed E-state index contributed by atoms with van der Waals surface area (Å²) >= 11 is 0. The molecule has 0 radical (unpaired) electrons. The first-order valence-electron chi connectivity index (χ1n) is 10.7. The van der Waals surface area contributed by atoms with Crippen molar-refractivity contribution in [2.45, 2.75) is 26.9 Å². The second kappa shape index (κ2) is 11.1. The molecule has 0 spiro atoms. The molecular weight excluding hydrogens is 366 g/mol. The Morgan fingerprint density at radius 3 is 2.83 bits per heavy atom. The molecule has 3 rings (SSSR count). The van der Waals surface area contributed by atoms with Crippen LogP contribution >= 0.6 is 0 Å². The van der Waals surface area contributed by atoms with E-state index in [-0.39, 0.29) is 5.97 Å².